The first kappa shape index (κ1) is 7.20. The summed E-state index contributed by atoms with van der Waals surface area (Å²) in [4.78, 5) is 0. The Balaban J connectivity index is 4.17. The van der Waals surface area contributed by atoms with Crippen LogP contribution in [0.1, 0.15) is 35.8 Å². The van der Waals surface area contributed by atoms with Crippen LogP contribution in [0, 0.1) is 67.5 Å². The second-order valence-corrected chi connectivity index (χ2v) is 4.53. The van der Waals surface area contributed by atoms with Crippen LogP contribution < -0.4 is 0 Å². The van der Waals surface area contributed by atoms with Crippen LogP contribution in [0.4, 0.5) is 0 Å². The summed E-state index contributed by atoms with van der Waals surface area (Å²) >= 11 is 0. The lowest BCUT2D eigenvalue weighted by Gasteiger charge is -2.61. The Kier molecular flexibility index (Phi) is 1.55. The zero-order valence-electron chi connectivity index (χ0n) is 15.9. The molecule has 1 fully saturated rings. The van der Waals surface area contributed by atoms with Crippen molar-refractivity contribution in [3.8, 4) is 24.3 Å². The highest BCUT2D eigenvalue weighted by Gasteiger charge is 2.79. The van der Waals surface area contributed by atoms with Gasteiger partial charge in [-0.3, -0.25) is 0 Å². The molecule has 0 spiro atoms. The standard InChI is InChI=1S/C14H14N4/c1-10(2)5-11-12(3,4)14(8-17,9-18)13(11,6-15)7-16/h5,11H,1-4H3/i3D3,4D3. The van der Waals surface area contributed by atoms with Crippen molar-refractivity contribution in [1.29, 1.82) is 21.0 Å². The summed E-state index contributed by atoms with van der Waals surface area (Å²) in [5.41, 5.74) is -7.59. The molecule has 0 aliphatic heterocycles. The number of allylic oxidation sites excluding steroid dienone is 2. The van der Waals surface area contributed by atoms with E-state index >= 15 is 0 Å². The molecule has 0 bridgehead atoms. The Hall–Kier alpha value is -2.30. The maximum atomic E-state index is 9.55. The highest BCUT2D eigenvalue weighted by molar-refractivity contribution is 5.49. The van der Waals surface area contributed by atoms with E-state index in [2.05, 4.69) is 0 Å². The largest absolute Gasteiger partial charge is 0.196 e. The molecule has 1 aliphatic rings. The molecule has 1 atom stereocenters. The summed E-state index contributed by atoms with van der Waals surface area (Å²) in [7, 11) is 0. The van der Waals surface area contributed by atoms with E-state index < -0.39 is 35.9 Å². The van der Waals surface area contributed by atoms with Crippen molar-refractivity contribution in [3.63, 3.8) is 0 Å². The predicted octanol–water partition coefficient (Wildman–Crippen LogP) is 2.68. The van der Waals surface area contributed by atoms with Crippen molar-refractivity contribution in [2.24, 2.45) is 22.2 Å². The van der Waals surface area contributed by atoms with E-state index in [9.17, 15) is 21.0 Å². The van der Waals surface area contributed by atoms with Crippen molar-refractivity contribution in [3.05, 3.63) is 11.6 Å². The SMILES string of the molecule is [2H]C([2H])([2H])C1(C([2H])([2H])[2H])C(C=C(C)C)C(C#N)(C#N)C1(C#N)C#N. The summed E-state index contributed by atoms with van der Waals surface area (Å²) in [5.74, 6) is -1.62. The third-order valence-corrected chi connectivity index (χ3v) is 3.30. The second-order valence-electron chi connectivity index (χ2n) is 4.53. The highest BCUT2D eigenvalue weighted by Crippen LogP contribution is 2.71. The van der Waals surface area contributed by atoms with Gasteiger partial charge in [0.25, 0.3) is 0 Å². The zero-order chi connectivity index (χ0) is 19.2. The fourth-order valence-corrected chi connectivity index (χ4v) is 2.32. The van der Waals surface area contributed by atoms with Gasteiger partial charge in [0, 0.05) is 19.6 Å². The van der Waals surface area contributed by atoms with Crippen molar-refractivity contribution in [2.75, 3.05) is 0 Å². The van der Waals surface area contributed by atoms with Crippen LogP contribution in [0.15, 0.2) is 11.6 Å². The van der Waals surface area contributed by atoms with Gasteiger partial charge in [0.05, 0.1) is 24.3 Å². The van der Waals surface area contributed by atoms with Crippen LogP contribution in [0.3, 0.4) is 0 Å². The van der Waals surface area contributed by atoms with Gasteiger partial charge in [0.15, 0.2) is 10.8 Å². The fourth-order valence-electron chi connectivity index (χ4n) is 2.32. The van der Waals surface area contributed by atoms with Gasteiger partial charge in [-0.25, -0.2) is 0 Å². The summed E-state index contributed by atoms with van der Waals surface area (Å²) in [6.07, 6.45) is 1.19. The monoisotopic (exact) mass is 244 g/mol. The molecule has 1 unspecified atom stereocenters. The molecule has 0 radical (unpaired) electrons. The Morgan fingerprint density at radius 3 is 1.83 bits per heavy atom. The maximum Gasteiger partial charge on any atom is 0.182 e. The van der Waals surface area contributed by atoms with E-state index in [0.29, 0.717) is 5.57 Å². The summed E-state index contributed by atoms with van der Waals surface area (Å²) in [6.45, 7) is -3.47. The van der Waals surface area contributed by atoms with E-state index in [0.717, 1.165) is 0 Å². The molecule has 4 heteroatoms. The molecule has 0 saturated heterocycles. The lowest BCUT2D eigenvalue weighted by atomic mass is 9.33. The molecule has 0 aromatic carbocycles. The molecule has 90 valence electrons. The van der Waals surface area contributed by atoms with Crippen LogP contribution in [0.2, 0.25) is 0 Å². The van der Waals surface area contributed by atoms with Gasteiger partial charge in [0.2, 0.25) is 0 Å². The first-order valence-corrected chi connectivity index (χ1v) is 5.09. The van der Waals surface area contributed by atoms with Gasteiger partial charge >= 0.3 is 0 Å². The average Bonchev–Trinajstić information content (AvgIpc) is 2.41. The van der Waals surface area contributed by atoms with E-state index in [4.69, 9.17) is 8.22 Å². The van der Waals surface area contributed by atoms with Gasteiger partial charge in [-0.05, 0) is 13.8 Å². The van der Waals surface area contributed by atoms with Gasteiger partial charge in [0.1, 0.15) is 0 Å². The Morgan fingerprint density at radius 2 is 1.56 bits per heavy atom. The van der Waals surface area contributed by atoms with Crippen LogP contribution in [0.25, 0.3) is 0 Å². The quantitative estimate of drug-likeness (QED) is 0.662. The molecular weight excluding hydrogens is 224 g/mol. The zero-order valence-corrected chi connectivity index (χ0v) is 9.94. The minimum Gasteiger partial charge on any atom is -0.196 e. The van der Waals surface area contributed by atoms with E-state index in [1.165, 1.54) is 18.2 Å². The highest BCUT2D eigenvalue weighted by atomic mass is 14.8. The predicted molar refractivity (Wildman–Crippen MR) is 64.0 cm³/mol. The van der Waals surface area contributed by atoms with Gasteiger partial charge in [-0.1, -0.05) is 25.4 Å². The van der Waals surface area contributed by atoms with E-state index in [-0.39, 0.29) is 0 Å². The maximum absolute atomic E-state index is 9.55. The number of nitriles is 4. The molecule has 0 heterocycles. The Labute approximate surface area is 116 Å². The lowest BCUT2D eigenvalue weighted by Crippen LogP contribution is -2.67. The van der Waals surface area contributed by atoms with E-state index in [1.54, 1.807) is 26.0 Å². The molecular formula is C14H14N4. The lowest BCUT2D eigenvalue weighted by molar-refractivity contribution is -0.103. The van der Waals surface area contributed by atoms with Crippen molar-refractivity contribution < 1.29 is 8.22 Å². The molecule has 18 heavy (non-hydrogen) atoms. The van der Waals surface area contributed by atoms with Crippen LogP contribution in [0.5, 0.6) is 0 Å². The average molecular weight is 244 g/mol. The number of rotatable bonds is 1. The second kappa shape index (κ2) is 3.87. The van der Waals surface area contributed by atoms with Crippen LogP contribution in [-0.4, -0.2) is 0 Å². The van der Waals surface area contributed by atoms with E-state index in [1.807, 2.05) is 0 Å². The van der Waals surface area contributed by atoms with Crippen molar-refractivity contribution >= 4 is 0 Å². The third-order valence-electron chi connectivity index (χ3n) is 3.30. The molecule has 0 aromatic heterocycles. The topological polar surface area (TPSA) is 95.2 Å². The fraction of sp³-hybridized carbons (Fsp3) is 0.571. The van der Waals surface area contributed by atoms with Gasteiger partial charge in [-0.2, -0.15) is 21.0 Å². The normalized spacial score (nSPS) is 31.6. The summed E-state index contributed by atoms with van der Waals surface area (Å²) < 4.78 is 46.7. The van der Waals surface area contributed by atoms with Crippen LogP contribution in [-0.2, 0) is 0 Å². The van der Waals surface area contributed by atoms with Gasteiger partial charge < -0.3 is 0 Å². The molecule has 0 amide bonds. The molecule has 1 rings (SSSR count). The molecule has 4 nitrogen and oxygen atoms in total. The smallest absolute Gasteiger partial charge is 0.182 e. The first-order valence-electron chi connectivity index (χ1n) is 8.09. The third kappa shape index (κ3) is 1.16. The molecule has 1 aliphatic carbocycles. The number of nitrogens with zero attached hydrogens (tertiary/aromatic N) is 4. The minimum atomic E-state index is -3.28. The first-order chi connectivity index (χ1) is 10.8. The Bertz CT molecular complexity index is 701. The Morgan fingerprint density at radius 1 is 1.06 bits per heavy atom. The summed E-state index contributed by atoms with van der Waals surface area (Å²) in [6, 6.07) is 5.94. The molecule has 0 N–H and O–H groups in total. The van der Waals surface area contributed by atoms with Crippen LogP contribution >= 0.6 is 0 Å². The number of hydrogen-bond acceptors (Lipinski definition) is 4. The van der Waals surface area contributed by atoms with Gasteiger partial charge in [-0.15, -0.1) is 0 Å². The minimum absolute atomic E-state index is 0.470. The number of hydrogen-bond donors (Lipinski definition) is 0. The van der Waals surface area contributed by atoms with Crippen molar-refractivity contribution in [2.45, 2.75) is 27.6 Å². The molecule has 0 aromatic rings. The molecule has 1 saturated carbocycles. The summed E-state index contributed by atoms with van der Waals surface area (Å²) in [5, 5.41) is 38.1. The van der Waals surface area contributed by atoms with Crippen molar-refractivity contribution in [1.82, 2.24) is 0 Å².